The van der Waals surface area contributed by atoms with Gasteiger partial charge in [-0.25, -0.2) is 0 Å². The predicted molar refractivity (Wildman–Crippen MR) is 54.9 cm³/mol. The molecule has 0 aliphatic heterocycles. The van der Waals surface area contributed by atoms with Crippen LogP contribution in [-0.4, -0.2) is 114 Å². The average molecular weight is 232 g/mol. The van der Waals surface area contributed by atoms with Gasteiger partial charge in [-0.15, -0.1) is 0 Å². The molecule has 0 bridgehead atoms. The summed E-state index contributed by atoms with van der Waals surface area (Å²) in [6, 6.07) is 0. The Morgan fingerprint density at radius 3 is 1.86 bits per heavy atom. The first-order chi connectivity index (χ1) is 5.20. The molecule has 0 radical (unpaired) electrons. The monoisotopic (exact) mass is 232 g/mol. The van der Waals surface area contributed by atoms with Gasteiger partial charge in [-0.1, -0.05) is 0 Å². The topological polar surface area (TPSA) is 69.7 Å². The van der Waals surface area contributed by atoms with Crippen LogP contribution in [0.1, 0.15) is 12.8 Å². The van der Waals surface area contributed by atoms with Gasteiger partial charge in [0.15, 0.2) is 0 Å². The fourth-order valence-electron chi connectivity index (χ4n) is 0.419. The molecule has 0 aliphatic carbocycles. The second-order valence-corrected chi connectivity index (χ2v) is 1.66. The normalized spacial score (nSPS) is 6.64. The van der Waals surface area contributed by atoms with Crippen molar-refractivity contribution in [2.75, 3.05) is 7.11 Å². The molecule has 68 valence electrons. The van der Waals surface area contributed by atoms with Crippen molar-refractivity contribution in [3.8, 4) is 0 Å². The van der Waals surface area contributed by atoms with E-state index in [0.29, 0.717) is 0 Å². The first-order valence-electron chi connectivity index (χ1n) is 2.90. The van der Waals surface area contributed by atoms with Crippen LogP contribution in [0.2, 0.25) is 0 Å². The molecular weight excluding hydrogens is 221 g/mol. The minimum atomic E-state index is -0.731. The van der Waals surface area contributed by atoms with Crippen LogP contribution in [0.25, 0.3) is 0 Å². The van der Waals surface area contributed by atoms with Gasteiger partial charge in [-0.2, -0.15) is 0 Å². The van der Waals surface area contributed by atoms with Gasteiger partial charge in [0.2, 0.25) is 0 Å². The molecule has 8 heteroatoms. The molecule has 5 nitrogen and oxygen atoms in total. The van der Waals surface area contributed by atoms with Crippen molar-refractivity contribution >= 4 is 107 Å². The summed E-state index contributed by atoms with van der Waals surface area (Å²) in [7, 11) is 1.22. The van der Waals surface area contributed by atoms with Crippen LogP contribution in [0.4, 0.5) is 0 Å². The standard InChI is InChI=1S/C6H8O5.3Na.3H/c1-10-5(8)2-3-6(9)11-4-7;;;;;;/h4H,2-3H2,1H3;;;;;;. The van der Waals surface area contributed by atoms with Crippen molar-refractivity contribution in [2.24, 2.45) is 0 Å². The molecule has 14 heavy (non-hydrogen) atoms. The Morgan fingerprint density at radius 2 is 1.50 bits per heavy atom. The summed E-state index contributed by atoms with van der Waals surface area (Å²) < 4.78 is 8.15. The fourth-order valence-corrected chi connectivity index (χ4v) is 0.419. The molecule has 0 rings (SSSR count). The molecule has 0 aromatic rings. The Labute approximate surface area is 149 Å². The molecule has 0 amide bonds. The van der Waals surface area contributed by atoms with Crippen molar-refractivity contribution in [3.05, 3.63) is 0 Å². The predicted octanol–water partition coefficient (Wildman–Crippen LogP) is -2.31. The molecule has 0 saturated heterocycles. The molecule has 0 fully saturated rings. The Kier molecular flexibility index (Phi) is 30.1. The van der Waals surface area contributed by atoms with E-state index in [4.69, 9.17) is 0 Å². The summed E-state index contributed by atoms with van der Waals surface area (Å²) in [4.78, 5) is 30.4. The van der Waals surface area contributed by atoms with Gasteiger partial charge in [0.25, 0.3) is 0 Å². The molecule has 0 aromatic carbocycles. The Hall–Kier alpha value is 1.61. The van der Waals surface area contributed by atoms with Crippen LogP contribution in [0.3, 0.4) is 0 Å². The molecule has 0 aliphatic rings. The van der Waals surface area contributed by atoms with Crippen molar-refractivity contribution < 1.29 is 23.9 Å². The maximum atomic E-state index is 10.4. The van der Waals surface area contributed by atoms with E-state index < -0.39 is 11.9 Å². The molecule has 0 heterocycles. The van der Waals surface area contributed by atoms with Crippen LogP contribution in [0.15, 0.2) is 0 Å². The first-order valence-corrected chi connectivity index (χ1v) is 2.90. The zero-order chi connectivity index (χ0) is 8.69. The molecule has 0 aromatic heterocycles. The van der Waals surface area contributed by atoms with Crippen molar-refractivity contribution in [1.82, 2.24) is 0 Å². The molecule has 0 N–H and O–H groups in total. The van der Waals surface area contributed by atoms with Crippen molar-refractivity contribution in [3.63, 3.8) is 0 Å². The maximum absolute atomic E-state index is 10.4. The zero-order valence-electron chi connectivity index (χ0n) is 6.03. The van der Waals surface area contributed by atoms with E-state index in [1.54, 1.807) is 0 Å². The third-order valence-electron chi connectivity index (χ3n) is 0.940. The van der Waals surface area contributed by atoms with Gasteiger partial charge >= 0.3 is 107 Å². The van der Waals surface area contributed by atoms with Crippen LogP contribution in [-0.2, 0) is 23.9 Å². The van der Waals surface area contributed by atoms with E-state index in [0.717, 1.165) is 0 Å². The average Bonchev–Trinajstić information content (AvgIpc) is 2.01. The SMILES string of the molecule is COC(=O)CCC(=O)OC=O.[NaH].[NaH].[NaH]. The molecule has 0 spiro atoms. The van der Waals surface area contributed by atoms with E-state index in [-0.39, 0.29) is 108 Å². The van der Waals surface area contributed by atoms with E-state index in [1.165, 1.54) is 7.11 Å². The van der Waals surface area contributed by atoms with Crippen LogP contribution >= 0.6 is 0 Å². The van der Waals surface area contributed by atoms with Crippen LogP contribution in [0, 0.1) is 0 Å². The van der Waals surface area contributed by atoms with Crippen molar-refractivity contribution in [2.45, 2.75) is 12.8 Å². The van der Waals surface area contributed by atoms with Gasteiger partial charge in [0, 0.05) is 0 Å². The van der Waals surface area contributed by atoms with E-state index >= 15 is 0 Å². The third-order valence-corrected chi connectivity index (χ3v) is 0.940. The quantitative estimate of drug-likeness (QED) is 0.236. The summed E-state index contributed by atoms with van der Waals surface area (Å²) in [5.74, 6) is -1.24. The number of rotatable bonds is 4. The number of hydrogen-bond donors (Lipinski definition) is 0. The van der Waals surface area contributed by atoms with Gasteiger partial charge in [-0.05, 0) is 0 Å². The fraction of sp³-hybridized carbons (Fsp3) is 0.500. The summed E-state index contributed by atoms with van der Waals surface area (Å²) in [6.07, 6.45) is -0.200. The molecule has 0 unspecified atom stereocenters. The van der Waals surface area contributed by atoms with E-state index in [2.05, 4.69) is 9.47 Å². The number of carbonyl (C=O) groups is 3. The van der Waals surface area contributed by atoms with Crippen LogP contribution < -0.4 is 0 Å². The number of methoxy groups -OCH3 is 1. The summed E-state index contributed by atoms with van der Waals surface area (Å²) in [5.41, 5.74) is 0. The minimum absolute atomic E-state index is 0. The van der Waals surface area contributed by atoms with Crippen molar-refractivity contribution in [1.29, 1.82) is 0 Å². The Balaban J connectivity index is -0.000000167. The number of esters is 2. The van der Waals surface area contributed by atoms with Gasteiger partial charge in [-0.3, -0.25) is 14.4 Å². The van der Waals surface area contributed by atoms with Gasteiger partial charge in [0.05, 0.1) is 20.0 Å². The number of carbonyl (C=O) groups excluding carboxylic acids is 3. The number of hydrogen-bond acceptors (Lipinski definition) is 5. The van der Waals surface area contributed by atoms with Gasteiger partial charge in [0.1, 0.15) is 0 Å². The second kappa shape index (κ2) is 17.0. The summed E-state index contributed by atoms with van der Waals surface area (Å²) >= 11 is 0. The first kappa shape index (κ1) is 24.7. The van der Waals surface area contributed by atoms with E-state index in [1.807, 2.05) is 0 Å². The number of ether oxygens (including phenoxy) is 2. The third kappa shape index (κ3) is 16.1. The van der Waals surface area contributed by atoms with E-state index in [9.17, 15) is 14.4 Å². The van der Waals surface area contributed by atoms with Crippen LogP contribution in [0.5, 0.6) is 0 Å². The Bertz CT molecular complexity index is 173. The zero-order valence-corrected chi connectivity index (χ0v) is 6.03. The molecular formula is C6H11Na3O5. The Morgan fingerprint density at radius 1 is 1.07 bits per heavy atom. The second-order valence-electron chi connectivity index (χ2n) is 1.66. The molecule has 0 atom stereocenters. The summed E-state index contributed by atoms with van der Waals surface area (Å²) in [5, 5.41) is 0. The summed E-state index contributed by atoms with van der Waals surface area (Å²) in [6.45, 7) is 0.0274. The molecule has 0 saturated carbocycles. The van der Waals surface area contributed by atoms with Gasteiger partial charge < -0.3 is 9.47 Å².